The largest absolute Gasteiger partial charge is 0.395 e. The van der Waals surface area contributed by atoms with Gasteiger partial charge < -0.3 is 20.1 Å². The molecule has 21 heavy (non-hydrogen) atoms. The van der Waals surface area contributed by atoms with Crippen molar-refractivity contribution in [3.63, 3.8) is 0 Å². The highest BCUT2D eigenvalue weighted by molar-refractivity contribution is 4.66. The molecule has 0 aromatic rings. The van der Waals surface area contributed by atoms with Crippen molar-refractivity contribution in [1.29, 1.82) is 0 Å². The molecule has 5 heteroatoms. The molecule has 0 aliphatic carbocycles. The van der Waals surface area contributed by atoms with Crippen molar-refractivity contribution in [3.8, 4) is 0 Å². The SMILES string of the molecule is CCCCCC(CCC)OCC(O)CN(CCO)CCO. The molecule has 3 N–H and O–H groups in total. The third-order valence-electron chi connectivity index (χ3n) is 3.57. The molecule has 0 spiro atoms. The van der Waals surface area contributed by atoms with Gasteiger partial charge in [0.05, 0.1) is 32.0 Å². The Morgan fingerprint density at radius 2 is 1.62 bits per heavy atom. The van der Waals surface area contributed by atoms with E-state index in [0.717, 1.165) is 19.3 Å². The summed E-state index contributed by atoms with van der Waals surface area (Å²) in [6.45, 7) is 6.08. The highest BCUT2D eigenvalue weighted by Gasteiger charge is 2.14. The molecular formula is C16H35NO4. The number of ether oxygens (including phenoxy) is 1. The van der Waals surface area contributed by atoms with E-state index in [1.807, 2.05) is 4.90 Å². The second kappa shape index (κ2) is 14.7. The summed E-state index contributed by atoms with van der Waals surface area (Å²) in [5.74, 6) is 0. The Bertz CT molecular complexity index is 210. The Morgan fingerprint density at radius 3 is 2.14 bits per heavy atom. The van der Waals surface area contributed by atoms with E-state index in [-0.39, 0.29) is 19.3 Å². The molecule has 0 heterocycles. The van der Waals surface area contributed by atoms with Gasteiger partial charge in [0.2, 0.25) is 0 Å². The number of nitrogens with zero attached hydrogens (tertiary/aromatic N) is 1. The summed E-state index contributed by atoms with van der Waals surface area (Å²) >= 11 is 0. The van der Waals surface area contributed by atoms with Crippen LogP contribution in [0.3, 0.4) is 0 Å². The van der Waals surface area contributed by atoms with Crippen LogP contribution in [0.2, 0.25) is 0 Å². The lowest BCUT2D eigenvalue weighted by molar-refractivity contribution is -0.0299. The summed E-state index contributed by atoms with van der Waals surface area (Å²) in [5, 5.41) is 27.9. The molecule has 0 aliphatic heterocycles. The maximum absolute atomic E-state index is 10.0. The molecule has 0 fully saturated rings. The predicted molar refractivity (Wildman–Crippen MR) is 85.4 cm³/mol. The smallest absolute Gasteiger partial charge is 0.0900 e. The minimum Gasteiger partial charge on any atom is -0.395 e. The highest BCUT2D eigenvalue weighted by atomic mass is 16.5. The van der Waals surface area contributed by atoms with Gasteiger partial charge in [0.25, 0.3) is 0 Å². The molecule has 0 aromatic heterocycles. The monoisotopic (exact) mass is 305 g/mol. The first-order chi connectivity index (χ1) is 10.2. The van der Waals surface area contributed by atoms with Crippen molar-refractivity contribution >= 4 is 0 Å². The third kappa shape index (κ3) is 12.1. The second-order valence-electron chi connectivity index (χ2n) is 5.64. The van der Waals surface area contributed by atoms with Crippen LogP contribution in [-0.4, -0.2) is 71.9 Å². The Hall–Kier alpha value is -0.200. The van der Waals surface area contributed by atoms with Crippen molar-refractivity contribution in [2.45, 2.75) is 64.6 Å². The van der Waals surface area contributed by atoms with Crippen molar-refractivity contribution in [3.05, 3.63) is 0 Å². The zero-order chi connectivity index (χ0) is 15.9. The Labute approximate surface area is 129 Å². The molecule has 2 atom stereocenters. The van der Waals surface area contributed by atoms with Crippen LogP contribution >= 0.6 is 0 Å². The van der Waals surface area contributed by atoms with Crippen LogP contribution in [0.5, 0.6) is 0 Å². The van der Waals surface area contributed by atoms with Gasteiger partial charge in [-0.1, -0.05) is 39.5 Å². The highest BCUT2D eigenvalue weighted by Crippen LogP contribution is 2.12. The predicted octanol–water partition coefficient (Wildman–Crippen LogP) is 1.40. The minimum atomic E-state index is -0.575. The van der Waals surface area contributed by atoms with E-state index in [0.29, 0.717) is 26.2 Å². The number of hydrogen-bond acceptors (Lipinski definition) is 5. The van der Waals surface area contributed by atoms with Crippen LogP contribution in [0.25, 0.3) is 0 Å². The van der Waals surface area contributed by atoms with Gasteiger partial charge in [-0.05, 0) is 12.8 Å². The van der Waals surface area contributed by atoms with Gasteiger partial charge in [-0.2, -0.15) is 0 Å². The number of rotatable bonds is 15. The number of aliphatic hydroxyl groups excluding tert-OH is 3. The van der Waals surface area contributed by atoms with Gasteiger partial charge in [-0.15, -0.1) is 0 Å². The lowest BCUT2D eigenvalue weighted by Crippen LogP contribution is -2.39. The number of hydrogen-bond donors (Lipinski definition) is 3. The maximum atomic E-state index is 10.0. The molecule has 5 nitrogen and oxygen atoms in total. The summed E-state index contributed by atoms with van der Waals surface area (Å²) in [7, 11) is 0. The van der Waals surface area contributed by atoms with Crippen LogP contribution in [0.15, 0.2) is 0 Å². The van der Waals surface area contributed by atoms with Gasteiger partial charge in [-0.3, -0.25) is 4.90 Å². The molecule has 2 unspecified atom stereocenters. The van der Waals surface area contributed by atoms with Gasteiger partial charge in [0.1, 0.15) is 0 Å². The van der Waals surface area contributed by atoms with E-state index in [1.54, 1.807) is 0 Å². The van der Waals surface area contributed by atoms with E-state index < -0.39 is 6.10 Å². The van der Waals surface area contributed by atoms with E-state index in [9.17, 15) is 5.11 Å². The summed E-state index contributed by atoms with van der Waals surface area (Å²) < 4.78 is 5.85. The first kappa shape index (κ1) is 20.8. The normalized spacial score (nSPS) is 14.6. The molecule has 0 rings (SSSR count). The van der Waals surface area contributed by atoms with Crippen molar-refractivity contribution < 1.29 is 20.1 Å². The van der Waals surface area contributed by atoms with Crippen LogP contribution in [-0.2, 0) is 4.74 Å². The quantitative estimate of drug-likeness (QED) is 0.399. The van der Waals surface area contributed by atoms with Gasteiger partial charge >= 0.3 is 0 Å². The lowest BCUT2D eigenvalue weighted by Gasteiger charge is -2.25. The molecule has 0 bridgehead atoms. The topological polar surface area (TPSA) is 73.2 Å². The molecule has 128 valence electrons. The molecule has 0 saturated carbocycles. The van der Waals surface area contributed by atoms with Gasteiger partial charge in [0, 0.05) is 19.6 Å². The molecule has 0 aromatic carbocycles. The van der Waals surface area contributed by atoms with Crippen LogP contribution in [0, 0.1) is 0 Å². The van der Waals surface area contributed by atoms with Crippen molar-refractivity contribution in [2.75, 3.05) is 39.5 Å². The van der Waals surface area contributed by atoms with Gasteiger partial charge in [-0.25, -0.2) is 0 Å². The number of aliphatic hydroxyl groups is 3. The van der Waals surface area contributed by atoms with E-state index >= 15 is 0 Å². The molecule has 0 amide bonds. The fourth-order valence-electron chi connectivity index (χ4n) is 2.43. The third-order valence-corrected chi connectivity index (χ3v) is 3.57. The van der Waals surface area contributed by atoms with E-state index in [4.69, 9.17) is 14.9 Å². The Balaban J connectivity index is 3.99. The lowest BCUT2D eigenvalue weighted by atomic mass is 10.1. The average Bonchev–Trinajstić information content (AvgIpc) is 2.45. The van der Waals surface area contributed by atoms with Crippen LogP contribution < -0.4 is 0 Å². The maximum Gasteiger partial charge on any atom is 0.0900 e. The van der Waals surface area contributed by atoms with Crippen molar-refractivity contribution in [1.82, 2.24) is 4.90 Å². The van der Waals surface area contributed by atoms with Crippen LogP contribution in [0.4, 0.5) is 0 Å². The molecular weight excluding hydrogens is 270 g/mol. The molecule has 0 saturated heterocycles. The first-order valence-corrected chi connectivity index (χ1v) is 8.41. The first-order valence-electron chi connectivity index (χ1n) is 8.41. The summed E-state index contributed by atoms with van der Waals surface area (Å²) in [6.07, 6.45) is 6.46. The Morgan fingerprint density at radius 1 is 0.952 bits per heavy atom. The standard InChI is InChI=1S/C16H35NO4/c1-3-5-6-8-16(7-4-2)21-14-15(20)13-17(9-11-18)10-12-19/h15-16,18-20H,3-14H2,1-2H3. The molecule has 0 radical (unpaired) electrons. The molecule has 0 aliphatic rings. The van der Waals surface area contributed by atoms with Crippen LogP contribution in [0.1, 0.15) is 52.4 Å². The summed E-state index contributed by atoms with van der Waals surface area (Å²) in [6, 6.07) is 0. The zero-order valence-electron chi connectivity index (χ0n) is 13.8. The summed E-state index contributed by atoms with van der Waals surface area (Å²) in [4.78, 5) is 1.85. The number of unbranched alkanes of at least 4 members (excludes halogenated alkanes) is 2. The van der Waals surface area contributed by atoms with E-state index in [2.05, 4.69) is 13.8 Å². The van der Waals surface area contributed by atoms with E-state index in [1.165, 1.54) is 19.3 Å². The fraction of sp³-hybridized carbons (Fsp3) is 1.00. The zero-order valence-corrected chi connectivity index (χ0v) is 13.8. The summed E-state index contributed by atoms with van der Waals surface area (Å²) in [5.41, 5.74) is 0. The van der Waals surface area contributed by atoms with Gasteiger partial charge in [0.15, 0.2) is 0 Å². The minimum absolute atomic E-state index is 0.0308. The van der Waals surface area contributed by atoms with Crippen molar-refractivity contribution in [2.24, 2.45) is 0 Å². The average molecular weight is 305 g/mol. The Kier molecular flexibility index (Phi) is 14.6. The fourth-order valence-corrected chi connectivity index (χ4v) is 2.43. The second-order valence-corrected chi connectivity index (χ2v) is 5.64.